The highest BCUT2D eigenvalue weighted by Gasteiger charge is 2.29. The van der Waals surface area contributed by atoms with Gasteiger partial charge in [0.1, 0.15) is 5.82 Å². The zero-order chi connectivity index (χ0) is 21.6. The van der Waals surface area contributed by atoms with Gasteiger partial charge in [-0.3, -0.25) is 14.5 Å². The fourth-order valence-corrected chi connectivity index (χ4v) is 5.12. The number of halogens is 1. The third kappa shape index (κ3) is 3.85. The van der Waals surface area contributed by atoms with Crippen LogP contribution in [0.1, 0.15) is 42.0 Å². The van der Waals surface area contributed by atoms with Gasteiger partial charge in [0.2, 0.25) is 5.91 Å². The average molecular weight is 441 g/mol. The molecule has 1 aromatic carbocycles. The minimum Gasteiger partial charge on any atom is -0.274 e. The molecule has 2 heterocycles. The number of sulfonamides is 1. The fourth-order valence-electron chi connectivity index (χ4n) is 4.20. The SMILES string of the molecule is O=C(Cc1c(-c2ccncc2)cc(F)c2c1CCC2)NS(=O)(=O)c1ccn(C2CC2)n1. The number of hydrogen-bond donors (Lipinski definition) is 1. The van der Waals surface area contributed by atoms with E-state index in [4.69, 9.17) is 0 Å². The Morgan fingerprint density at radius 2 is 1.90 bits per heavy atom. The Morgan fingerprint density at radius 1 is 1.16 bits per heavy atom. The average Bonchev–Trinajstić information content (AvgIpc) is 3.26. The molecule has 0 atom stereocenters. The van der Waals surface area contributed by atoms with Crippen molar-refractivity contribution >= 4 is 15.9 Å². The number of fused-ring (bicyclic) bond motifs is 1. The molecule has 31 heavy (non-hydrogen) atoms. The summed E-state index contributed by atoms with van der Waals surface area (Å²) in [5.74, 6) is -0.960. The number of carbonyl (C=O) groups excluding carboxylic acids is 1. The normalized spacial score (nSPS) is 15.6. The van der Waals surface area contributed by atoms with Gasteiger partial charge in [0.15, 0.2) is 5.03 Å². The molecule has 0 saturated heterocycles. The summed E-state index contributed by atoms with van der Waals surface area (Å²) in [4.78, 5) is 16.8. The molecular formula is C22H21FN4O3S. The summed E-state index contributed by atoms with van der Waals surface area (Å²) >= 11 is 0. The molecule has 0 radical (unpaired) electrons. The maximum atomic E-state index is 14.7. The molecule has 2 aliphatic rings. The molecule has 2 aliphatic carbocycles. The van der Waals surface area contributed by atoms with E-state index in [0.29, 0.717) is 29.5 Å². The van der Waals surface area contributed by atoms with Gasteiger partial charge in [-0.05, 0) is 84.2 Å². The van der Waals surface area contributed by atoms with E-state index >= 15 is 0 Å². The smallest absolute Gasteiger partial charge is 0.274 e. The summed E-state index contributed by atoms with van der Waals surface area (Å²) in [5, 5.41) is 3.92. The molecular weight excluding hydrogens is 419 g/mol. The van der Waals surface area contributed by atoms with E-state index in [1.165, 1.54) is 12.1 Å². The maximum absolute atomic E-state index is 14.7. The molecule has 0 unspecified atom stereocenters. The summed E-state index contributed by atoms with van der Waals surface area (Å²) in [6.07, 6.45) is 8.68. The predicted octanol–water partition coefficient (Wildman–Crippen LogP) is 2.96. The van der Waals surface area contributed by atoms with E-state index in [-0.39, 0.29) is 23.3 Å². The minimum atomic E-state index is -4.08. The van der Waals surface area contributed by atoms with E-state index in [0.717, 1.165) is 30.4 Å². The predicted molar refractivity (Wildman–Crippen MR) is 111 cm³/mol. The van der Waals surface area contributed by atoms with Gasteiger partial charge in [-0.15, -0.1) is 0 Å². The third-order valence-corrected chi connectivity index (χ3v) is 7.09. The second-order valence-electron chi connectivity index (χ2n) is 8.00. The third-order valence-electron chi connectivity index (χ3n) is 5.82. The largest absolute Gasteiger partial charge is 0.283 e. The van der Waals surface area contributed by atoms with E-state index < -0.39 is 15.9 Å². The monoisotopic (exact) mass is 440 g/mol. The van der Waals surface area contributed by atoms with E-state index in [1.54, 1.807) is 35.4 Å². The second kappa shape index (κ2) is 7.56. The highest BCUT2D eigenvalue weighted by atomic mass is 32.2. The van der Waals surface area contributed by atoms with Gasteiger partial charge in [-0.1, -0.05) is 0 Å². The topological polar surface area (TPSA) is 94.0 Å². The highest BCUT2D eigenvalue weighted by Crippen LogP contribution is 2.36. The van der Waals surface area contributed by atoms with Gasteiger partial charge in [0.05, 0.1) is 12.5 Å². The first-order valence-corrected chi connectivity index (χ1v) is 11.7. The summed E-state index contributed by atoms with van der Waals surface area (Å²) in [6.45, 7) is 0. The Balaban J connectivity index is 1.45. The summed E-state index contributed by atoms with van der Waals surface area (Å²) in [6, 6.07) is 6.57. The van der Waals surface area contributed by atoms with Crippen LogP contribution >= 0.6 is 0 Å². The molecule has 0 bridgehead atoms. The number of nitrogens with one attached hydrogen (secondary N) is 1. The lowest BCUT2D eigenvalue weighted by Gasteiger charge is -2.16. The Kier molecular flexibility index (Phi) is 4.85. The van der Waals surface area contributed by atoms with E-state index in [2.05, 4.69) is 14.8 Å². The zero-order valence-electron chi connectivity index (χ0n) is 16.7. The van der Waals surface area contributed by atoms with E-state index in [1.807, 2.05) is 0 Å². The first-order chi connectivity index (χ1) is 14.9. The van der Waals surface area contributed by atoms with Crippen LogP contribution in [0.4, 0.5) is 4.39 Å². The number of nitrogens with zero attached hydrogens (tertiary/aromatic N) is 3. The van der Waals surface area contributed by atoms with Gasteiger partial charge in [-0.25, -0.2) is 9.11 Å². The fraction of sp³-hybridized carbons (Fsp3) is 0.318. The molecule has 0 aliphatic heterocycles. The van der Waals surface area contributed by atoms with Crippen LogP contribution in [-0.2, 0) is 34.1 Å². The molecule has 1 N–H and O–H groups in total. The lowest BCUT2D eigenvalue weighted by Crippen LogP contribution is -2.32. The van der Waals surface area contributed by atoms with Crippen molar-refractivity contribution in [2.75, 3.05) is 0 Å². The first kappa shape index (κ1) is 19.9. The van der Waals surface area contributed by atoms with Crippen molar-refractivity contribution in [3.8, 4) is 11.1 Å². The Bertz CT molecular complexity index is 1270. The van der Waals surface area contributed by atoms with Crippen molar-refractivity contribution in [3.63, 3.8) is 0 Å². The molecule has 7 nitrogen and oxygen atoms in total. The number of rotatable bonds is 6. The molecule has 1 saturated carbocycles. The van der Waals surface area contributed by atoms with Crippen molar-refractivity contribution in [3.05, 3.63) is 65.4 Å². The summed E-state index contributed by atoms with van der Waals surface area (Å²) in [5.41, 5.74) is 3.41. The molecule has 160 valence electrons. The van der Waals surface area contributed by atoms with Crippen LogP contribution in [0.5, 0.6) is 0 Å². The van der Waals surface area contributed by atoms with Crippen LogP contribution in [0.3, 0.4) is 0 Å². The maximum Gasteiger partial charge on any atom is 0.283 e. The molecule has 1 amide bonds. The van der Waals surface area contributed by atoms with Crippen LogP contribution in [0, 0.1) is 5.82 Å². The Labute approximate surface area is 179 Å². The molecule has 9 heteroatoms. The van der Waals surface area contributed by atoms with Gasteiger partial charge in [0.25, 0.3) is 10.0 Å². The van der Waals surface area contributed by atoms with Crippen molar-refractivity contribution in [2.45, 2.75) is 49.6 Å². The number of amides is 1. The number of carbonyl (C=O) groups is 1. The summed E-state index contributed by atoms with van der Waals surface area (Å²) < 4.78 is 43.8. The van der Waals surface area contributed by atoms with E-state index in [9.17, 15) is 17.6 Å². The number of benzene rings is 1. The number of aromatic nitrogens is 3. The van der Waals surface area contributed by atoms with Crippen molar-refractivity contribution in [1.29, 1.82) is 0 Å². The van der Waals surface area contributed by atoms with Crippen molar-refractivity contribution in [2.24, 2.45) is 0 Å². The molecule has 2 aromatic heterocycles. The lowest BCUT2D eigenvalue weighted by atomic mass is 9.91. The van der Waals surface area contributed by atoms with Crippen LogP contribution in [0.2, 0.25) is 0 Å². The van der Waals surface area contributed by atoms with Gasteiger partial charge >= 0.3 is 0 Å². The van der Waals surface area contributed by atoms with Crippen LogP contribution in [-0.4, -0.2) is 29.1 Å². The highest BCUT2D eigenvalue weighted by molar-refractivity contribution is 7.90. The quantitative estimate of drug-likeness (QED) is 0.636. The van der Waals surface area contributed by atoms with Crippen LogP contribution in [0.15, 0.2) is 47.9 Å². The van der Waals surface area contributed by atoms with Gasteiger partial charge in [-0.2, -0.15) is 13.5 Å². The minimum absolute atomic E-state index is 0.164. The molecule has 3 aromatic rings. The molecule has 0 spiro atoms. The summed E-state index contributed by atoms with van der Waals surface area (Å²) in [7, 11) is -4.08. The molecule has 5 rings (SSSR count). The Hall–Kier alpha value is -3.07. The number of pyridine rings is 1. The van der Waals surface area contributed by atoms with Crippen molar-refractivity contribution < 1.29 is 17.6 Å². The first-order valence-electron chi connectivity index (χ1n) is 10.3. The lowest BCUT2D eigenvalue weighted by molar-refractivity contribution is -0.118. The second-order valence-corrected chi connectivity index (χ2v) is 9.63. The van der Waals surface area contributed by atoms with Crippen LogP contribution in [0.25, 0.3) is 11.1 Å². The van der Waals surface area contributed by atoms with Crippen molar-refractivity contribution in [1.82, 2.24) is 19.5 Å². The molecule has 1 fully saturated rings. The van der Waals surface area contributed by atoms with Gasteiger partial charge in [0, 0.05) is 18.6 Å². The van der Waals surface area contributed by atoms with Gasteiger partial charge < -0.3 is 0 Å². The number of hydrogen-bond acceptors (Lipinski definition) is 5. The zero-order valence-corrected chi connectivity index (χ0v) is 17.5. The standard InChI is InChI=1S/C22H21FN4O3S/c23-20-12-18(14-6-9-24-10-7-14)19(16-2-1-3-17(16)20)13-21(28)26-31(29,30)22-8-11-27(25-22)15-4-5-15/h6-12,15H,1-5,13H2,(H,26,28). The Morgan fingerprint density at radius 3 is 2.65 bits per heavy atom. The van der Waals surface area contributed by atoms with Crippen LogP contribution < -0.4 is 4.72 Å².